The topological polar surface area (TPSA) is 72.2 Å². The van der Waals surface area contributed by atoms with Crippen molar-refractivity contribution in [3.8, 4) is 0 Å². The predicted octanol–water partition coefficient (Wildman–Crippen LogP) is 2.57. The van der Waals surface area contributed by atoms with Crippen LogP contribution in [0, 0.1) is 5.92 Å². The minimum Gasteiger partial charge on any atom is -0.389 e. The molecule has 3 N–H and O–H groups in total. The molecule has 0 heterocycles. The van der Waals surface area contributed by atoms with Gasteiger partial charge in [-0.2, -0.15) is 0 Å². The lowest BCUT2D eigenvalue weighted by Crippen LogP contribution is -2.41. The zero-order valence-electron chi connectivity index (χ0n) is 12.2. The van der Waals surface area contributed by atoms with E-state index in [4.69, 9.17) is 18.0 Å². The molecule has 0 radical (unpaired) electrons. The Morgan fingerprint density at radius 3 is 2.76 bits per heavy atom. The van der Waals surface area contributed by atoms with Gasteiger partial charge in [-0.15, -0.1) is 0 Å². The number of thiocarbonyl (C=S) groups is 1. The third kappa shape index (κ3) is 4.02. The van der Waals surface area contributed by atoms with Crippen LogP contribution in [-0.4, -0.2) is 19.4 Å². The summed E-state index contributed by atoms with van der Waals surface area (Å²) >= 11 is 4.91. The van der Waals surface area contributed by atoms with Crippen LogP contribution in [0.1, 0.15) is 44.6 Å². The third-order valence-corrected chi connectivity index (χ3v) is 5.89. The zero-order chi connectivity index (χ0) is 15.5. The maximum atomic E-state index is 12.5. The summed E-state index contributed by atoms with van der Waals surface area (Å²) in [5, 5.41) is 0. The van der Waals surface area contributed by atoms with Crippen molar-refractivity contribution in [2.24, 2.45) is 11.7 Å². The number of rotatable bonds is 5. The Morgan fingerprint density at radius 1 is 1.38 bits per heavy atom. The molecule has 0 bridgehead atoms. The van der Waals surface area contributed by atoms with Crippen LogP contribution in [0.3, 0.4) is 0 Å². The van der Waals surface area contributed by atoms with E-state index in [-0.39, 0.29) is 15.9 Å². The fourth-order valence-electron chi connectivity index (χ4n) is 2.94. The first-order valence-electron chi connectivity index (χ1n) is 7.36. The molecular formula is C15H22N2O2S2. The van der Waals surface area contributed by atoms with Gasteiger partial charge < -0.3 is 5.73 Å². The molecule has 116 valence electrons. The van der Waals surface area contributed by atoms with Crippen molar-refractivity contribution in [3.63, 3.8) is 0 Å². The second-order valence-corrected chi connectivity index (χ2v) is 7.73. The summed E-state index contributed by atoms with van der Waals surface area (Å²) in [7, 11) is -3.52. The van der Waals surface area contributed by atoms with Crippen molar-refractivity contribution >= 4 is 27.2 Å². The molecule has 1 saturated carbocycles. The first-order chi connectivity index (χ1) is 9.94. The largest absolute Gasteiger partial charge is 0.389 e. The van der Waals surface area contributed by atoms with Gasteiger partial charge in [0.15, 0.2) is 0 Å². The van der Waals surface area contributed by atoms with E-state index < -0.39 is 10.0 Å². The van der Waals surface area contributed by atoms with Gasteiger partial charge in [0.25, 0.3) is 0 Å². The van der Waals surface area contributed by atoms with Gasteiger partial charge in [-0.1, -0.05) is 50.5 Å². The third-order valence-electron chi connectivity index (χ3n) is 4.17. The van der Waals surface area contributed by atoms with E-state index in [1.165, 1.54) is 12.5 Å². The standard InChI is InChI=1S/C15H22N2O2S2/c1-2-11-6-3-4-9-14(11)17-21(18,19)13-8-5-7-12(10-13)15(16)20/h5,7-8,10-11,14,17H,2-4,6,9H2,1H3,(H2,16,20). The van der Waals surface area contributed by atoms with E-state index in [1.54, 1.807) is 18.2 Å². The minimum atomic E-state index is -3.52. The summed E-state index contributed by atoms with van der Waals surface area (Å²) < 4.78 is 27.9. The Balaban J connectivity index is 2.21. The van der Waals surface area contributed by atoms with Gasteiger partial charge in [-0.05, 0) is 30.9 Å². The average Bonchev–Trinajstić information content (AvgIpc) is 2.47. The second kappa shape index (κ2) is 6.85. The van der Waals surface area contributed by atoms with Gasteiger partial charge >= 0.3 is 0 Å². The molecule has 4 nitrogen and oxygen atoms in total. The van der Waals surface area contributed by atoms with Crippen molar-refractivity contribution in [2.45, 2.75) is 50.0 Å². The summed E-state index contributed by atoms with van der Waals surface area (Å²) in [4.78, 5) is 0.435. The molecule has 2 atom stereocenters. The average molecular weight is 326 g/mol. The van der Waals surface area contributed by atoms with Crippen LogP contribution in [0.15, 0.2) is 29.2 Å². The van der Waals surface area contributed by atoms with E-state index in [9.17, 15) is 8.42 Å². The maximum Gasteiger partial charge on any atom is 0.240 e. The fourth-order valence-corrected chi connectivity index (χ4v) is 4.45. The van der Waals surface area contributed by atoms with Crippen molar-refractivity contribution < 1.29 is 8.42 Å². The SMILES string of the molecule is CCC1CCCCC1NS(=O)(=O)c1cccc(C(N)=S)c1. The fraction of sp³-hybridized carbons (Fsp3) is 0.533. The van der Waals surface area contributed by atoms with E-state index >= 15 is 0 Å². The van der Waals surface area contributed by atoms with Crippen LogP contribution >= 0.6 is 12.2 Å². The number of nitrogens with one attached hydrogen (secondary N) is 1. The molecule has 6 heteroatoms. The lowest BCUT2D eigenvalue weighted by Gasteiger charge is -2.31. The molecule has 2 rings (SSSR count). The number of nitrogens with two attached hydrogens (primary N) is 1. The Morgan fingerprint density at radius 2 is 2.10 bits per heavy atom. The lowest BCUT2D eigenvalue weighted by atomic mass is 9.83. The molecule has 0 saturated heterocycles. The van der Waals surface area contributed by atoms with Crippen molar-refractivity contribution in [1.29, 1.82) is 0 Å². The molecule has 1 fully saturated rings. The summed E-state index contributed by atoms with van der Waals surface area (Å²) in [6.45, 7) is 2.12. The number of hydrogen-bond donors (Lipinski definition) is 2. The molecule has 1 aromatic carbocycles. The summed E-state index contributed by atoms with van der Waals surface area (Å²) in [6.07, 6.45) is 5.27. The van der Waals surface area contributed by atoms with E-state index in [2.05, 4.69) is 11.6 Å². The zero-order valence-corrected chi connectivity index (χ0v) is 13.8. The Labute approximate surface area is 132 Å². The summed E-state index contributed by atoms with van der Waals surface area (Å²) in [5.74, 6) is 0.423. The minimum absolute atomic E-state index is 0.0298. The summed E-state index contributed by atoms with van der Waals surface area (Å²) in [6, 6.07) is 6.53. The second-order valence-electron chi connectivity index (χ2n) is 5.57. The van der Waals surface area contributed by atoms with Gasteiger partial charge in [0.2, 0.25) is 10.0 Å². The normalized spacial score (nSPS) is 22.9. The molecule has 21 heavy (non-hydrogen) atoms. The quantitative estimate of drug-likeness (QED) is 0.816. The summed E-state index contributed by atoms with van der Waals surface area (Å²) in [5.41, 5.74) is 6.14. The van der Waals surface area contributed by atoms with Gasteiger partial charge in [-0.3, -0.25) is 0 Å². The van der Waals surface area contributed by atoms with E-state index in [0.29, 0.717) is 11.5 Å². The van der Waals surface area contributed by atoms with Gasteiger partial charge in [-0.25, -0.2) is 13.1 Å². The van der Waals surface area contributed by atoms with Crippen LogP contribution < -0.4 is 10.5 Å². The maximum absolute atomic E-state index is 12.5. The van der Waals surface area contributed by atoms with Crippen LogP contribution in [0.25, 0.3) is 0 Å². The van der Waals surface area contributed by atoms with E-state index in [1.807, 2.05) is 0 Å². The van der Waals surface area contributed by atoms with Crippen molar-refractivity contribution in [3.05, 3.63) is 29.8 Å². The molecule has 0 aliphatic heterocycles. The highest BCUT2D eigenvalue weighted by Crippen LogP contribution is 2.28. The highest BCUT2D eigenvalue weighted by molar-refractivity contribution is 7.89. The highest BCUT2D eigenvalue weighted by atomic mass is 32.2. The molecule has 1 aromatic rings. The first kappa shape index (κ1) is 16.4. The van der Waals surface area contributed by atoms with Crippen LogP contribution in [0.2, 0.25) is 0 Å². The van der Waals surface area contributed by atoms with Crippen LogP contribution in [0.4, 0.5) is 0 Å². The molecule has 2 unspecified atom stereocenters. The monoisotopic (exact) mass is 326 g/mol. The van der Waals surface area contributed by atoms with Gasteiger partial charge in [0.1, 0.15) is 4.99 Å². The molecule has 0 amide bonds. The van der Waals surface area contributed by atoms with Gasteiger partial charge in [0.05, 0.1) is 4.90 Å². The predicted molar refractivity (Wildman–Crippen MR) is 88.7 cm³/mol. The Bertz CT molecular complexity index is 614. The van der Waals surface area contributed by atoms with Crippen molar-refractivity contribution in [2.75, 3.05) is 0 Å². The molecule has 1 aliphatic rings. The first-order valence-corrected chi connectivity index (χ1v) is 9.25. The molecule has 0 aromatic heterocycles. The number of sulfonamides is 1. The molecular weight excluding hydrogens is 304 g/mol. The highest BCUT2D eigenvalue weighted by Gasteiger charge is 2.28. The molecule has 1 aliphatic carbocycles. The smallest absolute Gasteiger partial charge is 0.240 e. The van der Waals surface area contributed by atoms with Crippen LogP contribution in [0.5, 0.6) is 0 Å². The van der Waals surface area contributed by atoms with E-state index in [0.717, 1.165) is 25.7 Å². The van der Waals surface area contributed by atoms with Crippen LogP contribution in [-0.2, 0) is 10.0 Å². The molecule has 0 spiro atoms. The Hall–Kier alpha value is -0.980. The van der Waals surface area contributed by atoms with Gasteiger partial charge in [0, 0.05) is 11.6 Å². The Kier molecular flexibility index (Phi) is 5.35. The van der Waals surface area contributed by atoms with Crippen molar-refractivity contribution in [1.82, 2.24) is 4.72 Å². The lowest BCUT2D eigenvalue weighted by molar-refractivity contribution is 0.282. The number of hydrogen-bond acceptors (Lipinski definition) is 3. The number of benzene rings is 1.